The minimum Gasteiger partial charge on any atom is -0.343 e. The number of pyridine rings is 1. The fourth-order valence-corrected chi connectivity index (χ4v) is 3.61. The van der Waals surface area contributed by atoms with Gasteiger partial charge in [0.1, 0.15) is 0 Å². The summed E-state index contributed by atoms with van der Waals surface area (Å²) in [7, 11) is 0. The number of nitrogens with one attached hydrogen (secondary N) is 1. The molecule has 1 aromatic carbocycles. The van der Waals surface area contributed by atoms with E-state index in [2.05, 4.69) is 25.2 Å². The lowest BCUT2D eigenvalue weighted by Gasteiger charge is -2.32. The third-order valence-electron chi connectivity index (χ3n) is 5.03. The van der Waals surface area contributed by atoms with Crippen LogP contribution in [0.1, 0.15) is 30.1 Å². The van der Waals surface area contributed by atoms with Crippen molar-refractivity contribution in [2.75, 3.05) is 18.0 Å². The number of carbonyl (C=O) groups is 1. The molecule has 3 heterocycles. The second-order valence-corrected chi connectivity index (χ2v) is 6.94. The number of benzene rings is 1. The molecule has 1 aliphatic heterocycles. The van der Waals surface area contributed by atoms with Crippen molar-refractivity contribution in [2.45, 2.75) is 18.9 Å². The van der Waals surface area contributed by atoms with E-state index in [1.807, 2.05) is 48.5 Å². The molecule has 1 saturated heterocycles. The van der Waals surface area contributed by atoms with Crippen LogP contribution in [-0.2, 0) is 4.79 Å². The molecule has 0 saturated carbocycles. The Hall–Kier alpha value is -3.28. The van der Waals surface area contributed by atoms with Gasteiger partial charge in [0, 0.05) is 31.7 Å². The lowest BCUT2D eigenvalue weighted by atomic mass is 9.95. The van der Waals surface area contributed by atoms with Crippen molar-refractivity contribution in [2.24, 2.45) is 5.92 Å². The Morgan fingerprint density at radius 1 is 0.964 bits per heavy atom. The van der Waals surface area contributed by atoms with Crippen LogP contribution in [0.4, 0.5) is 5.95 Å². The van der Waals surface area contributed by atoms with E-state index in [1.165, 1.54) is 0 Å². The molecule has 1 aliphatic rings. The van der Waals surface area contributed by atoms with Gasteiger partial charge in [0.05, 0.1) is 17.7 Å². The zero-order chi connectivity index (χ0) is 19.2. The molecule has 28 heavy (non-hydrogen) atoms. The van der Waals surface area contributed by atoms with Gasteiger partial charge in [-0.2, -0.15) is 0 Å². The van der Waals surface area contributed by atoms with Crippen molar-refractivity contribution in [1.29, 1.82) is 0 Å². The van der Waals surface area contributed by atoms with Gasteiger partial charge in [0.25, 0.3) is 0 Å². The Morgan fingerprint density at radius 3 is 2.46 bits per heavy atom. The van der Waals surface area contributed by atoms with Gasteiger partial charge in [-0.3, -0.25) is 9.78 Å². The van der Waals surface area contributed by atoms with Crippen LogP contribution >= 0.6 is 0 Å². The van der Waals surface area contributed by atoms with E-state index in [9.17, 15) is 4.79 Å². The number of aromatic nitrogens is 3. The maximum Gasteiger partial charge on any atom is 0.225 e. The molecular weight excluding hydrogens is 350 g/mol. The maximum atomic E-state index is 13.1. The summed E-state index contributed by atoms with van der Waals surface area (Å²) in [5, 5.41) is 3.22. The van der Waals surface area contributed by atoms with Crippen molar-refractivity contribution in [1.82, 2.24) is 20.3 Å². The summed E-state index contributed by atoms with van der Waals surface area (Å²) in [6, 6.07) is 17.3. The van der Waals surface area contributed by atoms with Crippen LogP contribution < -0.4 is 10.2 Å². The van der Waals surface area contributed by atoms with Crippen LogP contribution in [0.15, 0.2) is 73.2 Å². The molecule has 1 fully saturated rings. The Kier molecular flexibility index (Phi) is 5.56. The molecule has 3 aromatic rings. The Balaban J connectivity index is 1.51. The first-order valence-electron chi connectivity index (χ1n) is 9.59. The molecular formula is C22H23N5O. The van der Waals surface area contributed by atoms with E-state index < -0.39 is 0 Å². The second-order valence-electron chi connectivity index (χ2n) is 6.94. The van der Waals surface area contributed by atoms with Gasteiger partial charge in [-0.05, 0) is 36.6 Å². The van der Waals surface area contributed by atoms with Gasteiger partial charge in [0.2, 0.25) is 11.9 Å². The summed E-state index contributed by atoms with van der Waals surface area (Å²) in [6.45, 7) is 1.50. The highest BCUT2D eigenvalue weighted by atomic mass is 16.2. The summed E-state index contributed by atoms with van der Waals surface area (Å²) in [4.78, 5) is 28.3. The van der Waals surface area contributed by atoms with E-state index in [4.69, 9.17) is 0 Å². The highest BCUT2D eigenvalue weighted by molar-refractivity contribution is 5.80. The number of hydrogen-bond donors (Lipinski definition) is 1. The van der Waals surface area contributed by atoms with Gasteiger partial charge in [-0.15, -0.1) is 0 Å². The number of rotatable bonds is 5. The molecule has 142 valence electrons. The molecule has 0 unspecified atom stereocenters. The van der Waals surface area contributed by atoms with Crippen molar-refractivity contribution < 1.29 is 4.79 Å². The van der Waals surface area contributed by atoms with Gasteiger partial charge in [-0.25, -0.2) is 9.97 Å². The molecule has 6 heteroatoms. The monoisotopic (exact) mass is 373 g/mol. The van der Waals surface area contributed by atoms with Crippen LogP contribution in [0.5, 0.6) is 0 Å². The first kappa shape index (κ1) is 18.1. The van der Waals surface area contributed by atoms with Crippen LogP contribution in [0.25, 0.3) is 0 Å². The lowest BCUT2D eigenvalue weighted by molar-refractivity contribution is -0.125. The first-order valence-corrected chi connectivity index (χ1v) is 9.59. The molecule has 0 bridgehead atoms. The smallest absolute Gasteiger partial charge is 0.225 e. The Morgan fingerprint density at radius 2 is 1.71 bits per heavy atom. The van der Waals surface area contributed by atoms with Crippen LogP contribution in [-0.4, -0.2) is 33.9 Å². The third-order valence-corrected chi connectivity index (χ3v) is 5.03. The molecule has 0 radical (unpaired) electrons. The topological polar surface area (TPSA) is 71.0 Å². The summed E-state index contributed by atoms with van der Waals surface area (Å²) in [5.74, 6) is 0.622. The van der Waals surface area contributed by atoms with Gasteiger partial charge < -0.3 is 10.2 Å². The second kappa shape index (κ2) is 8.61. The van der Waals surface area contributed by atoms with Crippen LogP contribution in [0.2, 0.25) is 0 Å². The predicted molar refractivity (Wildman–Crippen MR) is 108 cm³/mol. The first-order chi connectivity index (χ1) is 13.8. The van der Waals surface area contributed by atoms with E-state index in [-0.39, 0.29) is 17.9 Å². The van der Waals surface area contributed by atoms with E-state index >= 15 is 0 Å². The van der Waals surface area contributed by atoms with E-state index in [0.717, 1.165) is 30.6 Å². The third kappa shape index (κ3) is 4.17. The largest absolute Gasteiger partial charge is 0.343 e. The highest BCUT2D eigenvalue weighted by Gasteiger charge is 2.29. The fraction of sp³-hybridized carbons (Fsp3) is 0.273. The number of anilines is 1. The minimum atomic E-state index is -0.266. The SMILES string of the molecule is O=C(N[C@H](c1ccccc1)c1ccccn1)[C@@H]1CCCN(c2ncccn2)C1. The lowest BCUT2D eigenvalue weighted by Crippen LogP contribution is -2.44. The highest BCUT2D eigenvalue weighted by Crippen LogP contribution is 2.24. The molecule has 0 spiro atoms. The number of piperidine rings is 1. The molecule has 6 nitrogen and oxygen atoms in total. The maximum absolute atomic E-state index is 13.1. The molecule has 1 N–H and O–H groups in total. The Bertz CT molecular complexity index is 849. The average molecular weight is 373 g/mol. The van der Waals surface area contributed by atoms with Gasteiger partial charge in [0.15, 0.2) is 0 Å². The molecule has 4 rings (SSSR count). The number of carbonyl (C=O) groups excluding carboxylic acids is 1. The fourth-order valence-electron chi connectivity index (χ4n) is 3.61. The van der Waals surface area contributed by atoms with E-state index in [1.54, 1.807) is 24.7 Å². The van der Waals surface area contributed by atoms with Crippen molar-refractivity contribution in [3.63, 3.8) is 0 Å². The molecule has 1 amide bonds. The van der Waals surface area contributed by atoms with E-state index in [0.29, 0.717) is 12.5 Å². The van der Waals surface area contributed by atoms with Crippen molar-refractivity contribution in [3.05, 3.63) is 84.4 Å². The summed E-state index contributed by atoms with van der Waals surface area (Å²) in [5.41, 5.74) is 1.86. The van der Waals surface area contributed by atoms with Crippen LogP contribution in [0.3, 0.4) is 0 Å². The van der Waals surface area contributed by atoms with Gasteiger partial charge in [-0.1, -0.05) is 36.4 Å². The van der Waals surface area contributed by atoms with Gasteiger partial charge >= 0.3 is 0 Å². The standard InChI is InChI=1S/C22H23N5O/c28-21(18-10-6-15-27(16-18)22-24-13-7-14-25-22)26-20(17-8-2-1-3-9-17)19-11-4-5-12-23-19/h1-5,7-9,11-14,18,20H,6,10,15-16H2,(H,26,28)/t18-,20-/m1/s1. The number of hydrogen-bond acceptors (Lipinski definition) is 5. The molecule has 2 aromatic heterocycles. The molecule has 0 aliphatic carbocycles. The number of nitrogens with zero attached hydrogens (tertiary/aromatic N) is 4. The number of amides is 1. The predicted octanol–water partition coefficient (Wildman–Crippen LogP) is 2.99. The summed E-state index contributed by atoms with van der Waals surface area (Å²) in [6.07, 6.45) is 7.03. The molecule has 2 atom stereocenters. The quantitative estimate of drug-likeness (QED) is 0.744. The normalized spacial score (nSPS) is 17.7. The van der Waals surface area contributed by atoms with Crippen molar-refractivity contribution in [3.8, 4) is 0 Å². The Labute approximate surface area is 164 Å². The minimum absolute atomic E-state index is 0.0418. The van der Waals surface area contributed by atoms with Crippen molar-refractivity contribution >= 4 is 11.9 Å². The average Bonchev–Trinajstić information content (AvgIpc) is 2.79. The zero-order valence-electron chi connectivity index (χ0n) is 15.6. The summed E-state index contributed by atoms with van der Waals surface area (Å²) >= 11 is 0. The van der Waals surface area contributed by atoms with Crippen LogP contribution in [0, 0.1) is 5.92 Å². The summed E-state index contributed by atoms with van der Waals surface area (Å²) < 4.78 is 0. The zero-order valence-corrected chi connectivity index (χ0v) is 15.6.